The number of carbonyl (C=O) groups is 1. The van der Waals surface area contributed by atoms with Crippen molar-refractivity contribution >= 4 is 33.4 Å². The Morgan fingerprint density at radius 2 is 2.08 bits per heavy atom. The van der Waals surface area contributed by atoms with Crippen LogP contribution in [0.3, 0.4) is 0 Å². The molecule has 2 aromatic heterocycles. The molecule has 0 saturated heterocycles. The Balaban J connectivity index is 1.53. The molecule has 3 aromatic rings. The van der Waals surface area contributed by atoms with Crippen LogP contribution in [0.25, 0.3) is 11.0 Å². The van der Waals surface area contributed by atoms with E-state index in [0.717, 1.165) is 42.8 Å². The highest BCUT2D eigenvalue weighted by Crippen LogP contribution is 2.28. The maximum absolute atomic E-state index is 12.5. The Bertz CT molecular complexity index is 1030. The van der Waals surface area contributed by atoms with Crippen LogP contribution in [0.2, 0.25) is 0 Å². The summed E-state index contributed by atoms with van der Waals surface area (Å²) < 4.78 is 3.06. The third-order valence-corrected chi connectivity index (χ3v) is 5.86. The molecule has 1 aliphatic rings. The van der Waals surface area contributed by atoms with Crippen molar-refractivity contribution in [3.63, 3.8) is 0 Å². The number of nitrogens with one attached hydrogen (secondary N) is 1. The Morgan fingerprint density at radius 3 is 2.85 bits per heavy atom. The van der Waals surface area contributed by atoms with Crippen LogP contribution in [-0.4, -0.2) is 38.0 Å². The first-order chi connectivity index (χ1) is 12.6. The van der Waals surface area contributed by atoms with Gasteiger partial charge in [-0.05, 0) is 18.7 Å². The average molecular weight is 371 g/mol. The van der Waals surface area contributed by atoms with Gasteiger partial charge in [0, 0.05) is 31.4 Å². The molecule has 3 heterocycles. The molecule has 0 spiro atoms. The summed E-state index contributed by atoms with van der Waals surface area (Å²) in [5, 5.41) is 3.48. The van der Waals surface area contributed by atoms with E-state index < -0.39 is 0 Å². The molecule has 0 radical (unpaired) electrons. The SMILES string of the molecule is CCN1CCc2nc(NC(=O)Cn3c(=O)n(C)c4ccccc43)sc2C1. The van der Waals surface area contributed by atoms with E-state index in [1.54, 1.807) is 11.6 Å². The number of aryl methyl sites for hydroxylation is 1. The molecule has 1 N–H and O–H groups in total. The van der Waals surface area contributed by atoms with Gasteiger partial charge in [0.05, 0.1) is 16.7 Å². The molecule has 4 rings (SSSR count). The molecule has 0 fully saturated rings. The molecular weight excluding hydrogens is 350 g/mol. The van der Waals surface area contributed by atoms with Gasteiger partial charge in [-0.2, -0.15) is 0 Å². The number of rotatable bonds is 4. The lowest BCUT2D eigenvalue weighted by Gasteiger charge is -2.23. The van der Waals surface area contributed by atoms with Crippen LogP contribution in [0.1, 0.15) is 17.5 Å². The molecule has 26 heavy (non-hydrogen) atoms. The van der Waals surface area contributed by atoms with Crippen molar-refractivity contribution in [1.82, 2.24) is 19.0 Å². The Morgan fingerprint density at radius 1 is 1.31 bits per heavy atom. The minimum absolute atomic E-state index is 0.0223. The largest absolute Gasteiger partial charge is 0.329 e. The van der Waals surface area contributed by atoms with Gasteiger partial charge in [0.2, 0.25) is 5.91 Å². The zero-order valence-corrected chi connectivity index (χ0v) is 15.7. The van der Waals surface area contributed by atoms with Gasteiger partial charge in [-0.3, -0.25) is 18.8 Å². The summed E-state index contributed by atoms with van der Waals surface area (Å²) in [6, 6.07) is 7.47. The lowest BCUT2D eigenvalue weighted by atomic mass is 10.2. The van der Waals surface area contributed by atoms with E-state index >= 15 is 0 Å². The zero-order chi connectivity index (χ0) is 18.3. The fraction of sp³-hybridized carbons (Fsp3) is 0.389. The number of thiazole rings is 1. The monoisotopic (exact) mass is 371 g/mol. The number of anilines is 1. The van der Waals surface area contributed by atoms with Gasteiger partial charge >= 0.3 is 5.69 Å². The summed E-state index contributed by atoms with van der Waals surface area (Å²) in [5.41, 5.74) is 2.46. The van der Waals surface area contributed by atoms with Crippen molar-refractivity contribution in [1.29, 1.82) is 0 Å². The normalized spacial score (nSPS) is 14.5. The Labute approximate surface area is 154 Å². The number of amides is 1. The minimum Gasteiger partial charge on any atom is -0.300 e. The van der Waals surface area contributed by atoms with Crippen molar-refractivity contribution in [2.75, 3.05) is 18.4 Å². The van der Waals surface area contributed by atoms with Gasteiger partial charge in [-0.15, -0.1) is 11.3 Å². The van der Waals surface area contributed by atoms with Gasteiger partial charge in [0.15, 0.2) is 5.13 Å². The van der Waals surface area contributed by atoms with E-state index in [4.69, 9.17) is 0 Å². The molecule has 0 unspecified atom stereocenters. The number of benzene rings is 1. The molecule has 1 aromatic carbocycles. The quantitative estimate of drug-likeness (QED) is 0.759. The number of carbonyl (C=O) groups excluding carboxylic acids is 1. The summed E-state index contributed by atoms with van der Waals surface area (Å²) in [4.78, 5) is 33.1. The third kappa shape index (κ3) is 2.95. The number of imidazole rings is 1. The van der Waals surface area contributed by atoms with Crippen molar-refractivity contribution < 1.29 is 4.79 Å². The smallest absolute Gasteiger partial charge is 0.300 e. The van der Waals surface area contributed by atoms with Gasteiger partial charge in [-0.1, -0.05) is 19.1 Å². The van der Waals surface area contributed by atoms with Crippen molar-refractivity contribution in [2.45, 2.75) is 26.4 Å². The summed E-state index contributed by atoms with van der Waals surface area (Å²) in [6.45, 7) is 5.04. The first-order valence-electron chi connectivity index (χ1n) is 8.72. The zero-order valence-electron chi connectivity index (χ0n) is 14.9. The van der Waals surface area contributed by atoms with Crippen molar-refractivity contribution in [3.05, 3.63) is 45.3 Å². The number of likely N-dealkylation sites (N-methyl/N-ethyl adjacent to an activating group) is 1. The summed E-state index contributed by atoms with van der Waals surface area (Å²) in [5.74, 6) is -0.234. The highest BCUT2D eigenvalue weighted by atomic mass is 32.1. The minimum atomic E-state index is -0.234. The van der Waals surface area contributed by atoms with Gasteiger partial charge in [0.25, 0.3) is 0 Å². The number of hydrogen-bond acceptors (Lipinski definition) is 5. The summed E-state index contributed by atoms with van der Waals surface area (Å²) >= 11 is 1.53. The van der Waals surface area contributed by atoms with Crippen LogP contribution in [0, 0.1) is 0 Å². The molecule has 1 amide bonds. The van der Waals surface area contributed by atoms with E-state index in [0.29, 0.717) is 5.13 Å². The van der Waals surface area contributed by atoms with Crippen molar-refractivity contribution in [2.24, 2.45) is 7.05 Å². The fourth-order valence-corrected chi connectivity index (χ4v) is 4.46. The van der Waals surface area contributed by atoms with Crippen LogP contribution in [0.15, 0.2) is 29.1 Å². The molecule has 1 aliphatic heterocycles. The molecule has 7 nitrogen and oxygen atoms in total. The van der Waals surface area contributed by atoms with Crippen LogP contribution in [-0.2, 0) is 31.4 Å². The van der Waals surface area contributed by atoms with Crippen LogP contribution in [0.4, 0.5) is 5.13 Å². The van der Waals surface area contributed by atoms with Gasteiger partial charge in [0.1, 0.15) is 6.54 Å². The second kappa shape index (κ2) is 6.69. The lowest BCUT2D eigenvalue weighted by molar-refractivity contribution is -0.116. The number of aromatic nitrogens is 3. The first-order valence-corrected chi connectivity index (χ1v) is 9.53. The number of nitrogens with zero attached hydrogens (tertiary/aromatic N) is 4. The summed E-state index contributed by atoms with van der Waals surface area (Å²) in [6.07, 6.45) is 0.915. The average Bonchev–Trinajstić information content (AvgIpc) is 3.15. The predicted octanol–water partition coefficient (Wildman–Crippen LogP) is 1.81. The van der Waals surface area contributed by atoms with E-state index in [1.165, 1.54) is 20.8 Å². The second-order valence-corrected chi connectivity index (χ2v) is 7.56. The van der Waals surface area contributed by atoms with E-state index in [-0.39, 0.29) is 18.1 Å². The molecule has 136 valence electrons. The Kier molecular flexibility index (Phi) is 4.37. The molecule has 0 aliphatic carbocycles. The predicted molar refractivity (Wildman–Crippen MR) is 103 cm³/mol. The van der Waals surface area contributed by atoms with Gasteiger partial charge < -0.3 is 5.32 Å². The molecule has 8 heteroatoms. The number of hydrogen-bond donors (Lipinski definition) is 1. The maximum atomic E-state index is 12.5. The Hall–Kier alpha value is -2.45. The number of para-hydroxylation sites is 2. The topological polar surface area (TPSA) is 72.2 Å². The highest BCUT2D eigenvalue weighted by Gasteiger charge is 2.21. The second-order valence-electron chi connectivity index (χ2n) is 6.47. The molecule has 0 saturated carbocycles. The van der Waals surface area contributed by atoms with E-state index in [1.807, 2.05) is 24.3 Å². The van der Waals surface area contributed by atoms with Crippen molar-refractivity contribution in [3.8, 4) is 0 Å². The lowest BCUT2D eigenvalue weighted by Crippen LogP contribution is -2.29. The van der Waals surface area contributed by atoms with Gasteiger partial charge in [-0.25, -0.2) is 9.78 Å². The van der Waals surface area contributed by atoms with E-state index in [9.17, 15) is 9.59 Å². The molecular formula is C18H21N5O2S. The van der Waals surface area contributed by atoms with Crippen LogP contribution in [0.5, 0.6) is 0 Å². The maximum Gasteiger partial charge on any atom is 0.329 e. The number of fused-ring (bicyclic) bond motifs is 2. The fourth-order valence-electron chi connectivity index (χ4n) is 3.39. The first kappa shape index (κ1) is 17.0. The summed E-state index contributed by atoms with van der Waals surface area (Å²) in [7, 11) is 1.72. The standard InChI is InChI=1S/C18H21N5O2S/c1-3-22-9-8-12-15(10-22)26-17(19-12)20-16(24)11-23-14-7-5-4-6-13(14)21(2)18(23)25/h4-7H,3,8-11H2,1-2H3,(H,19,20,24). The molecule has 0 bridgehead atoms. The van der Waals surface area contributed by atoms with Crippen LogP contribution < -0.4 is 11.0 Å². The van der Waals surface area contributed by atoms with Crippen LogP contribution >= 0.6 is 11.3 Å². The van der Waals surface area contributed by atoms with E-state index in [2.05, 4.69) is 22.1 Å². The highest BCUT2D eigenvalue weighted by molar-refractivity contribution is 7.15. The third-order valence-electron chi connectivity index (χ3n) is 4.86. The molecule has 0 atom stereocenters.